The number of ether oxygens (including phenoxy) is 1. The zero-order valence-electron chi connectivity index (χ0n) is 15.6. The van der Waals surface area contributed by atoms with Gasteiger partial charge in [-0.05, 0) is 30.5 Å². The van der Waals surface area contributed by atoms with Gasteiger partial charge in [0.25, 0.3) is 0 Å². The third kappa shape index (κ3) is 5.76. The van der Waals surface area contributed by atoms with E-state index in [2.05, 4.69) is 5.32 Å². The van der Waals surface area contributed by atoms with E-state index in [4.69, 9.17) is 4.74 Å². The average Bonchev–Trinajstić information content (AvgIpc) is 2.89. The molecule has 5 heteroatoms. The largest absolute Gasteiger partial charge is 0.497 e. The molecule has 0 aliphatic heterocycles. The highest BCUT2D eigenvalue weighted by molar-refractivity contribution is 5.79. The Balaban J connectivity index is 2.06. The Morgan fingerprint density at radius 3 is 2.28 bits per heavy atom. The zero-order valence-corrected chi connectivity index (χ0v) is 15.6. The number of amides is 2. The zero-order chi connectivity index (χ0) is 18.2. The van der Waals surface area contributed by atoms with Crippen molar-refractivity contribution < 1.29 is 14.3 Å². The highest BCUT2D eigenvalue weighted by atomic mass is 16.5. The summed E-state index contributed by atoms with van der Waals surface area (Å²) in [6, 6.07) is 7.51. The van der Waals surface area contributed by atoms with Gasteiger partial charge in [-0.25, -0.2) is 0 Å². The van der Waals surface area contributed by atoms with Crippen molar-refractivity contribution in [2.45, 2.75) is 64.0 Å². The lowest BCUT2D eigenvalue weighted by Gasteiger charge is -2.29. The molecule has 0 saturated heterocycles. The summed E-state index contributed by atoms with van der Waals surface area (Å²) in [5.74, 6) is 0.708. The standard InChI is InChI=1S/C20H30N2O3/c1-15(23)21-19(16-10-12-18(25-3)13-11-16)14-20(24)22(2)17-8-6-4-5-7-9-17/h10-13,17,19H,4-9,14H2,1-3H3,(H,21,23). The molecule has 1 N–H and O–H groups in total. The Kier molecular flexibility index (Phi) is 7.29. The van der Waals surface area contributed by atoms with Crippen molar-refractivity contribution in [1.29, 1.82) is 0 Å². The molecule has 1 saturated carbocycles. The first-order chi connectivity index (χ1) is 12.0. The molecule has 25 heavy (non-hydrogen) atoms. The van der Waals surface area contributed by atoms with E-state index in [1.165, 1.54) is 32.6 Å². The first-order valence-electron chi connectivity index (χ1n) is 9.18. The summed E-state index contributed by atoms with van der Waals surface area (Å²) in [5.41, 5.74) is 0.915. The van der Waals surface area contributed by atoms with Crippen molar-refractivity contribution >= 4 is 11.8 Å². The van der Waals surface area contributed by atoms with Crippen LogP contribution in [0.25, 0.3) is 0 Å². The van der Waals surface area contributed by atoms with Gasteiger partial charge < -0.3 is 15.0 Å². The quantitative estimate of drug-likeness (QED) is 0.803. The topological polar surface area (TPSA) is 58.6 Å². The van der Waals surface area contributed by atoms with Gasteiger partial charge in [0.2, 0.25) is 11.8 Å². The highest BCUT2D eigenvalue weighted by Crippen LogP contribution is 2.25. The second-order valence-electron chi connectivity index (χ2n) is 6.88. The maximum absolute atomic E-state index is 12.8. The molecule has 138 valence electrons. The summed E-state index contributed by atoms with van der Waals surface area (Å²) in [7, 11) is 3.52. The summed E-state index contributed by atoms with van der Waals surface area (Å²) in [5, 5.41) is 2.91. The molecule has 2 amide bonds. The van der Waals surface area contributed by atoms with Crippen LogP contribution in [0.3, 0.4) is 0 Å². The molecule has 0 heterocycles. The first-order valence-corrected chi connectivity index (χ1v) is 9.18. The molecule has 1 aromatic carbocycles. The van der Waals surface area contributed by atoms with Crippen LogP contribution in [0.5, 0.6) is 5.75 Å². The predicted molar refractivity (Wildman–Crippen MR) is 98.4 cm³/mol. The lowest BCUT2D eigenvalue weighted by molar-refractivity contribution is -0.133. The molecule has 1 aliphatic carbocycles. The number of carbonyl (C=O) groups excluding carboxylic acids is 2. The summed E-state index contributed by atoms with van der Waals surface area (Å²) in [6.07, 6.45) is 7.34. The summed E-state index contributed by atoms with van der Waals surface area (Å²) in [4.78, 5) is 26.3. The van der Waals surface area contributed by atoms with Crippen molar-refractivity contribution in [3.05, 3.63) is 29.8 Å². The van der Waals surface area contributed by atoms with E-state index in [0.717, 1.165) is 24.2 Å². The highest BCUT2D eigenvalue weighted by Gasteiger charge is 2.24. The Bertz CT molecular complexity index is 563. The first kappa shape index (κ1) is 19.3. The number of benzene rings is 1. The average molecular weight is 346 g/mol. The fraction of sp³-hybridized carbons (Fsp3) is 0.600. The normalized spacial score (nSPS) is 16.6. The van der Waals surface area contributed by atoms with Crippen LogP contribution >= 0.6 is 0 Å². The van der Waals surface area contributed by atoms with E-state index in [0.29, 0.717) is 6.04 Å². The molecule has 5 nitrogen and oxygen atoms in total. The second-order valence-corrected chi connectivity index (χ2v) is 6.88. The van der Waals surface area contributed by atoms with Gasteiger partial charge >= 0.3 is 0 Å². The summed E-state index contributed by atoms with van der Waals surface area (Å²) in [6.45, 7) is 1.48. The number of nitrogens with one attached hydrogen (secondary N) is 1. The van der Waals surface area contributed by atoms with E-state index < -0.39 is 0 Å². The summed E-state index contributed by atoms with van der Waals surface area (Å²) >= 11 is 0. The minimum Gasteiger partial charge on any atom is -0.497 e. The number of nitrogens with zero attached hydrogens (tertiary/aromatic N) is 1. The Hall–Kier alpha value is -2.04. The molecule has 0 bridgehead atoms. The SMILES string of the molecule is COc1ccc(C(CC(=O)N(C)C2CCCCCC2)NC(C)=O)cc1. The maximum Gasteiger partial charge on any atom is 0.224 e. The van der Waals surface area contributed by atoms with Crippen molar-refractivity contribution in [3.63, 3.8) is 0 Å². The van der Waals surface area contributed by atoms with E-state index in [1.807, 2.05) is 36.2 Å². The van der Waals surface area contributed by atoms with Gasteiger partial charge in [0, 0.05) is 20.0 Å². The molecule has 0 aromatic heterocycles. The molecule has 0 spiro atoms. The van der Waals surface area contributed by atoms with E-state index in [1.54, 1.807) is 7.11 Å². The lowest BCUT2D eigenvalue weighted by Crippen LogP contribution is -2.39. The van der Waals surface area contributed by atoms with Crippen LogP contribution in [0.1, 0.15) is 63.5 Å². The third-order valence-electron chi connectivity index (χ3n) is 5.04. The number of hydrogen-bond acceptors (Lipinski definition) is 3. The molecular formula is C20H30N2O3. The van der Waals surface area contributed by atoms with Gasteiger partial charge in [-0.15, -0.1) is 0 Å². The van der Waals surface area contributed by atoms with Gasteiger partial charge in [0.15, 0.2) is 0 Å². The molecular weight excluding hydrogens is 316 g/mol. The molecule has 1 aromatic rings. The molecule has 1 atom stereocenters. The second kappa shape index (κ2) is 9.44. The number of rotatable bonds is 6. The van der Waals surface area contributed by atoms with Crippen molar-refractivity contribution in [1.82, 2.24) is 10.2 Å². The summed E-state index contributed by atoms with van der Waals surface area (Å²) < 4.78 is 5.18. The molecule has 2 rings (SSSR count). The molecule has 1 fully saturated rings. The van der Waals surface area contributed by atoms with Crippen molar-refractivity contribution in [2.75, 3.05) is 14.2 Å². The number of hydrogen-bond donors (Lipinski definition) is 1. The fourth-order valence-corrected chi connectivity index (χ4v) is 3.50. The minimum atomic E-state index is -0.316. The Morgan fingerprint density at radius 1 is 1.16 bits per heavy atom. The van der Waals surface area contributed by atoms with Crippen LogP contribution in [-0.2, 0) is 9.59 Å². The lowest BCUT2D eigenvalue weighted by atomic mass is 10.0. The molecule has 1 unspecified atom stereocenters. The van der Waals surface area contributed by atoms with E-state index >= 15 is 0 Å². The van der Waals surface area contributed by atoms with Gasteiger partial charge in [0.1, 0.15) is 5.75 Å². The Morgan fingerprint density at radius 2 is 1.76 bits per heavy atom. The number of carbonyl (C=O) groups is 2. The van der Waals surface area contributed by atoms with Crippen molar-refractivity contribution in [3.8, 4) is 5.75 Å². The van der Waals surface area contributed by atoms with Crippen LogP contribution in [0.2, 0.25) is 0 Å². The van der Waals surface area contributed by atoms with Gasteiger partial charge in [-0.3, -0.25) is 9.59 Å². The molecule has 0 radical (unpaired) electrons. The Labute approximate surface area is 150 Å². The van der Waals surface area contributed by atoms with E-state index in [9.17, 15) is 9.59 Å². The maximum atomic E-state index is 12.8. The van der Waals surface area contributed by atoms with Gasteiger partial charge in [-0.2, -0.15) is 0 Å². The van der Waals surface area contributed by atoms with Crippen molar-refractivity contribution in [2.24, 2.45) is 0 Å². The third-order valence-corrected chi connectivity index (χ3v) is 5.04. The van der Waals surface area contributed by atoms with Crippen LogP contribution in [0.4, 0.5) is 0 Å². The molecule has 1 aliphatic rings. The predicted octanol–water partition coefficient (Wildman–Crippen LogP) is 3.44. The fourth-order valence-electron chi connectivity index (χ4n) is 3.50. The minimum absolute atomic E-state index is 0.0847. The van der Waals surface area contributed by atoms with Crippen LogP contribution < -0.4 is 10.1 Å². The van der Waals surface area contributed by atoms with E-state index in [-0.39, 0.29) is 24.3 Å². The van der Waals surface area contributed by atoms with Gasteiger partial charge in [-0.1, -0.05) is 37.8 Å². The van der Waals surface area contributed by atoms with Crippen LogP contribution in [0, 0.1) is 0 Å². The van der Waals surface area contributed by atoms with Gasteiger partial charge in [0.05, 0.1) is 19.6 Å². The van der Waals surface area contributed by atoms with Crippen LogP contribution in [0.15, 0.2) is 24.3 Å². The van der Waals surface area contributed by atoms with Crippen LogP contribution in [-0.4, -0.2) is 36.9 Å². The number of methoxy groups -OCH3 is 1. The monoisotopic (exact) mass is 346 g/mol. The smallest absolute Gasteiger partial charge is 0.224 e.